The van der Waals surface area contributed by atoms with Crippen molar-refractivity contribution < 1.29 is 4.84 Å². The highest BCUT2D eigenvalue weighted by molar-refractivity contribution is 6.34. The van der Waals surface area contributed by atoms with Crippen LogP contribution in [0.3, 0.4) is 0 Å². The third-order valence-electron chi connectivity index (χ3n) is 3.02. The lowest BCUT2D eigenvalue weighted by Crippen LogP contribution is -2.01. The van der Waals surface area contributed by atoms with Crippen LogP contribution in [0.4, 0.5) is 0 Å². The molecule has 0 spiro atoms. The molecule has 0 saturated heterocycles. The van der Waals surface area contributed by atoms with Gasteiger partial charge in [-0.05, 0) is 11.6 Å². The Bertz CT molecular complexity index is 580. The predicted octanol–water partition coefficient (Wildman–Crippen LogP) is 4.21. The highest BCUT2D eigenvalue weighted by Gasteiger charge is 2.24. The minimum absolute atomic E-state index is 0.00234. The SMILES string of the molecule is Clc1ccccc1C1=NOC(c2ccccc2)C1. The average molecular weight is 258 g/mol. The Balaban J connectivity index is 1.82. The topological polar surface area (TPSA) is 21.6 Å². The van der Waals surface area contributed by atoms with E-state index in [4.69, 9.17) is 16.4 Å². The summed E-state index contributed by atoms with van der Waals surface area (Å²) in [4.78, 5) is 5.49. The maximum absolute atomic E-state index is 6.16. The first kappa shape index (κ1) is 11.3. The van der Waals surface area contributed by atoms with Crippen LogP contribution in [0.5, 0.6) is 0 Å². The van der Waals surface area contributed by atoms with Gasteiger partial charge in [0.05, 0.1) is 5.71 Å². The molecule has 0 aromatic heterocycles. The molecule has 1 aliphatic rings. The van der Waals surface area contributed by atoms with Crippen molar-refractivity contribution in [3.8, 4) is 0 Å². The lowest BCUT2D eigenvalue weighted by molar-refractivity contribution is 0.0857. The number of oxime groups is 1. The van der Waals surface area contributed by atoms with Gasteiger partial charge in [-0.2, -0.15) is 0 Å². The molecule has 2 nitrogen and oxygen atoms in total. The van der Waals surface area contributed by atoms with E-state index in [-0.39, 0.29) is 6.10 Å². The average Bonchev–Trinajstić information content (AvgIpc) is 2.90. The van der Waals surface area contributed by atoms with Crippen LogP contribution in [-0.4, -0.2) is 5.71 Å². The molecule has 0 aliphatic carbocycles. The summed E-state index contributed by atoms with van der Waals surface area (Å²) in [7, 11) is 0. The molecule has 90 valence electrons. The highest BCUT2D eigenvalue weighted by atomic mass is 35.5. The van der Waals surface area contributed by atoms with Crippen molar-refractivity contribution in [2.24, 2.45) is 5.16 Å². The van der Waals surface area contributed by atoms with Crippen LogP contribution in [0.25, 0.3) is 0 Å². The second-order valence-corrected chi connectivity index (χ2v) is 4.63. The van der Waals surface area contributed by atoms with Crippen molar-refractivity contribution in [3.63, 3.8) is 0 Å². The molecule has 3 rings (SSSR count). The molecule has 0 saturated carbocycles. The predicted molar refractivity (Wildman–Crippen MR) is 72.9 cm³/mol. The first-order chi connectivity index (χ1) is 8.84. The fourth-order valence-corrected chi connectivity index (χ4v) is 2.32. The molecule has 1 aliphatic heterocycles. The van der Waals surface area contributed by atoms with E-state index in [9.17, 15) is 0 Å². The molecule has 0 N–H and O–H groups in total. The molecule has 0 amide bonds. The summed E-state index contributed by atoms with van der Waals surface area (Å²) in [5, 5.41) is 4.87. The van der Waals surface area contributed by atoms with E-state index in [1.165, 1.54) is 0 Å². The molecule has 1 unspecified atom stereocenters. The van der Waals surface area contributed by atoms with Crippen molar-refractivity contribution in [3.05, 3.63) is 70.7 Å². The van der Waals surface area contributed by atoms with Gasteiger partial charge in [0.1, 0.15) is 0 Å². The maximum atomic E-state index is 6.16. The fourth-order valence-electron chi connectivity index (χ4n) is 2.08. The summed E-state index contributed by atoms with van der Waals surface area (Å²) in [6.45, 7) is 0. The number of benzene rings is 2. The van der Waals surface area contributed by atoms with E-state index in [2.05, 4.69) is 17.3 Å². The van der Waals surface area contributed by atoms with Gasteiger partial charge in [0.15, 0.2) is 6.10 Å². The quantitative estimate of drug-likeness (QED) is 0.790. The first-order valence-electron chi connectivity index (χ1n) is 5.87. The Morgan fingerprint density at radius 2 is 1.72 bits per heavy atom. The van der Waals surface area contributed by atoms with Crippen molar-refractivity contribution in [2.45, 2.75) is 12.5 Å². The van der Waals surface area contributed by atoms with Crippen molar-refractivity contribution in [1.82, 2.24) is 0 Å². The van der Waals surface area contributed by atoms with Gasteiger partial charge in [-0.25, -0.2) is 0 Å². The molecule has 0 radical (unpaired) electrons. The number of nitrogens with zero attached hydrogens (tertiary/aromatic N) is 1. The summed E-state index contributed by atoms with van der Waals surface area (Å²) in [6.07, 6.45) is 0.755. The fraction of sp³-hybridized carbons (Fsp3) is 0.133. The molecule has 1 heterocycles. The second kappa shape index (κ2) is 4.83. The van der Waals surface area contributed by atoms with E-state index in [0.29, 0.717) is 5.02 Å². The summed E-state index contributed by atoms with van der Waals surface area (Å²) >= 11 is 6.16. The molecule has 18 heavy (non-hydrogen) atoms. The Hall–Kier alpha value is -1.80. The number of hydrogen-bond donors (Lipinski definition) is 0. The summed E-state index contributed by atoms with van der Waals surface area (Å²) in [6, 6.07) is 17.8. The standard InChI is InChI=1S/C15H12ClNO/c16-13-9-5-4-8-12(13)14-10-15(18-17-14)11-6-2-1-3-7-11/h1-9,15H,10H2. The lowest BCUT2D eigenvalue weighted by Gasteiger charge is -2.07. The van der Waals surface area contributed by atoms with Gasteiger partial charge in [-0.15, -0.1) is 0 Å². The van der Waals surface area contributed by atoms with Crippen LogP contribution in [0.1, 0.15) is 23.7 Å². The van der Waals surface area contributed by atoms with Gasteiger partial charge in [-0.1, -0.05) is 65.3 Å². The van der Waals surface area contributed by atoms with Gasteiger partial charge >= 0.3 is 0 Å². The second-order valence-electron chi connectivity index (χ2n) is 4.23. The van der Waals surface area contributed by atoms with E-state index >= 15 is 0 Å². The lowest BCUT2D eigenvalue weighted by atomic mass is 10.0. The zero-order chi connectivity index (χ0) is 12.4. The van der Waals surface area contributed by atoms with Crippen LogP contribution in [0.2, 0.25) is 5.02 Å². The zero-order valence-corrected chi connectivity index (χ0v) is 10.5. The smallest absolute Gasteiger partial charge is 0.158 e. The largest absolute Gasteiger partial charge is 0.387 e. The van der Waals surface area contributed by atoms with E-state index in [1.54, 1.807) is 0 Å². The Kier molecular flexibility index (Phi) is 3.03. The number of hydrogen-bond acceptors (Lipinski definition) is 2. The van der Waals surface area contributed by atoms with Crippen LogP contribution >= 0.6 is 11.6 Å². The normalized spacial score (nSPS) is 18.3. The van der Waals surface area contributed by atoms with Crippen molar-refractivity contribution in [2.75, 3.05) is 0 Å². The summed E-state index contributed by atoms with van der Waals surface area (Å²) in [5.74, 6) is 0. The van der Waals surface area contributed by atoms with E-state index in [1.807, 2.05) is 42.5 Å². The minimum atomic E-state index is -0.00234. The minimum Gasteiger partial charge on any atom is -0.387 e. The molecular weight excluding hydrogens is 246 g/mol. The molecule has 2 aromatic carbocycles. The van der Waals surface area contributed by atoms with Gasteiger partial charge < -0.3 is 4.84 Å². The molecule has 2 aromatic rings. The molecular formula is C15H12ClNO. The molecule has 0 bridgehead atoms. The van der Waals surface area contributed by atoms with Crippen LogP contribution in [0, 0.1) is 0 Å². The third kappa shape index (κ3) is 2.12. The number of halogens is 1. The van der Waals surface area contributed by atoms with Crippen LogP contribution in [0.15, 0.2) is 59.8 Å². The van der Waals surface area contributed by atoms with Crippen LogP contribution < -0.4 is 0 Å². The number of rotatable bonds is 2. The van der Waals surface area contributed by atoms with Crippen molar-refractivity contribution in [1.29, 1.82) is 0 Å². The van der Waals surface area contributed by atoms with E-state index < -0.39 is 0 Å². The first-order valence-corrected chi connectivity index (χ1v) is 6.25. The van der Waals surface area contributed by atoms with Gasteiger partial charge in [-0.3, -0.25) is 0 Å². The summed E-state index contributed by atoms with van der Waals surface area (Å²) in [5.41, 5.74) is 3.01. The Morgan fingerprint density at radius 1 is 1.00 bits per heavy atom. The third-order valence-corrected chi connectivity index (χ3v) is 3.35. The zero-order valence-electron chi connectivity index (χ0n) is 9.71. The van der Waals surface area contributed by atoms with E-state index in [0.717, 1.165) is 23.3 Å². The monoisotopic (exact) mass is 257 g/mol. The molecule has 3 heteroatoms. The summed E-state index contributed by atoms with van der Waals surface area (Å²) < 4.78 is 0. The van der Waals surface area contributed by atoms with Gasteiger partial charge in [0.25, 0.3) is 0 Å². The van der Waals surface area contributed by atoms with Crippen LogP contribution in [-0.2, 0) is 4.84 Å². The van der Waals surface area contributed by atoms with Gasteiger partial charge in [0, 0.05) is 17.0 Å². The molecule has 0 fully saturated rings. The Morgan fingerprint density at radius 3 is 2.50 bits per heavy atom. The Labute approximate surface area is 111 Å². The van der Waals surface area contributed by atoms with Crippen molar-refractivity contribution >= 4 is 17.3 Å². The van der Waals surface area contributed by atoms with Gasteiger partial charge in [0.2, 0.25) is 0 Å². The molecule has 1 atom stereocenters. The maximum Gasteiger partial charge on any atom is 0.158 e. The highest BCUT2D eigenvalue weighted by Crippen LogP contribution is 2.31.